The molecule has 4 rings (SSSR count). The Bertz CT molecular complexity index is 1000. The first-order valence-corrected chi connectivity index (χ1v) is 9.13. The van der Waals surface area contributed by atoms with Gasteiger partial charge >= 0.3 is 0 Å². The molecule has 1 aliphatic rings. The van der Waals surface area contributed by atoms with Gasteiger partial charge in [-0.1, -0.05) is 35.5 Å². The molecule has 3 heterocycles. The van der Waals surface area contributed by atoms with Crippen LogP contribution in [0.1, 0.15) is 43.4 Å². The molecule has 1 aliphatic heterocycles. The van der Waals surface area contributed by atoms with Gasteiger partial charge in [0.05, 0.1) is 35.7 Å². The number of fused-ring (bicyclic) bond motifs is 1. The van der Waals surface area contributed by atoms with Crippen LogP contribution < -0.4 is 10.6 Å². The fourth-order valence-electron chi connectivity index (χ4n) is 3.51. The van der Waals surface area contributed by atoms with E-state index in [1.807, 2.05) is 30.3 Å². The lowest BCUT2D eigenvalue weighted by molar-refractivity contribution is 0.0932. The number of nitrogens with one attached hydrogen (secondary N) is 2. The van der Waals surface area contributed by atoms with Gasteiger partial charge in [-0.15, -0.1) is 0 Å². The van der Waals surface area contributed by atoms with Gasteiger partial charge < -0.3 is 15.2 Å². The highest BCUT2D eigenvalue weighted by atomic mass is 16.5. The Kier molecular flexibility index (Phi) is 4.68. The summed E-state index contributed by atoms with van der Waals surface area (Å²) in [6.07, 6.45) is 2.13. The monoisotopic (exact) mass is 379 g/mol. The molecule has 0 fully saturated rings. The van der Waals surface area contributed by atoms with Crippen LogP contribution in [0, 0.1) is 13.8 Å². The Labute approximate surface area is 161 Å². The summed E-state index contributed by atoms with van der Waals surface area (Å²) in [5, 5.41) is 14.0. The first kappa shape index (κ1) is 18.0. The molecule has 28 heavy (non-hydrogen) atoms. The zero-order chi connectivity index (χ0) is 19.7. The molecule has 1 atom stereocenters. The summed E-state index contributed by atoms with van der Waals surface area (Å²) in [5.41, 5.74) is 3.43. The van der Waals surface area contributed by atoms with Crippen LogP contribution in [-0.4, -0.2) is 32.8 Å². The fourth-order valence-corrected chi connectivity index (χ4v) is 3.51. The van der Waals surface area contributed by atoms with Crippen LogP contribution in [0.15, 0.2) is 41.1 Å². The van der Waals surface area contributed by atoms with E-state index in [0.29, 0.717) is 42.1 Å². The standard InChI is InChI=1S/C20H21N5O3/c1-12-18(13(2)28-24-12)20(27)23-15-8-17-16(10-22-25(17)11-15)19(26)21-9-14-6-4-3-5-7-14/h3-7,10,15H,8-9,11H2,1-2H3,(H,21,26)(H,23,27). The van der Waals surface area contributed by atoms with E-state index in [9.17, 15) is 9.59 Å². The van der Waals surface area contributed by atoms with Crippen LogP contribution in [-0.2, 0) is 19.5 Å². The summed E-state index contributed by atoms with van der Waals surface area (Å²) >= 11 is 0. The number of nitrogens with zero attached hydrogens (tertiary/aromatic N) is 3. The van der Waals surface area contributed by atoms with Gasteiger partial charge in [0.1, 0.15) is 11.3 Å². The third-order valence-electron chi connectivity index (χ3n) is 4.92. The van der Waals surface area contributed by atoms with Crippen molar-refractivity contribution in [3.05, 3.63) is 70.4 Å². The van der Waals surface area contributed by atoms with Crippen molar-refractivity contribution < 1.29 is 14.1 Å². The number of carbonyl (C=O) groups excluding carboxylic acids is 2. The zero-order valence-electron chi connectivity index (χ0n) is 15.7. The van der Waals surface area contributed by atoms with E-state index in [-0.39, 0.29) is 17.9 Å². The van der Waals surface area contributed by atoms with Crippen molar-refractivity contribution >= 4 is 11.8 Å². The van der Waals surface area contributed by atoms with Crippen molar-refractivity contribution in [1.82, 2.24) is 25.6 Å². The van der Waals surface area contributed by atoms with Crippen molar-refractivity contribution in [2.24, 2.45) is 0 Å². The number of amides is 2. The molecule has 0 saturated carbocycles. The van der Waals surface area contributed by atoms with Crippen LogP contribution in [0.5, 0.6) is 0 Å². The Morgan fingerprint density at radius 2 is 2.00 bits per heavy atom. The minimum absolute atomic E-state index is 0.134. The van der Waals surface area contributed by atoms with E-state index in [2.05, 4.69) is 20.9 Å². The SMILES string of the molecule is Cc1noc(C)c1C(=O)NC1Cc2c(C(=O)NCc3ccccc3)cnn2C1. The van der Waals surface area contributed by atoms with Crippen LogP contribution in [0.4, 0.5) is 0 Å². The molecule has 144 valence electrons. The van der Waals surface area contributed by atoms with Gasteiger partial charge in [-0.05, 0) is 19.4 Å². The number of hydrogen-bond acceptors (Lipinski definition) is 5. The third-order valence-corrected chi connectivity index (χ3v) is 4.92. The largest absolute Gasteiger partial charge is 0.361 e. The molecule has 3 aromatic rings. The van der Waals surface area contributed by atoms with Crippen LogP contribution in [0.2, 0.25) is 0 Å². The molecule has 0 radical (unpaired) electrons. The molecule has 2 amide bonds. The number of aryl methyl sites for hydroxylation is 2. The van der Waals surface area contributed by atoms with Gasteiger partial charge in [0, 0.05) is 13.0 Å². The van der Waals surface area contributed by atoms with Crippen molar-refractivity contribution in [2.45, 2.75) is 39.4 Å². The molecule has 2 aromatic heterocycles. The Morgan fingerprint density at radius 3 is 2.71 bits per heavy atom. The van der Waals surface area contributed by atoms with Gasteiger partial charge in [-0.3, -0.25) is 14.3 Å². The molecule has 2 N–H and O–H groups in total. The van der Waals surface area contributed by atoms with Crippen molar-refractivity contribution in [3.8, 4) is 0 Å². The normalized spacial score (nSPS) is 15.3. The minimum atomic E-state index is -0.220. The van der Waals surface area contributed by atoms with Gasteiger partial charge in [0.15, 0.2) is 0 Å². The Hall–Kier alpha value is -3.42. The summed E-state index contributed by atoms with van der Waals surface area (Å²) in [6, 6.07) is 9.60. The maximum atomic E-state index is 12.6. The molecule has 8 nitrogen and oxygen atoms in total. The van der Waals surface area contributed by atoms with E-state index in [4.69, 9.17) is 4.52 Å². The highest BCUT2D eigenvalue weighted by Crippen LogP contribution is 2.20. The molecule has 8 heteroatoms. The Morgan fingerprint density at radius 1 is 1.21 bits per heavy atom. The number of rotatable bonds is 5. The maximum absolute atomic E-state index is 12.6. The van der Waals surface area contributed by atoms with Crippen LogP contribution in [0.25, 0.3) is 0 Å². The van der Waals surface area contributed by atoms with E-state index < -0.39 is 0 Å². The first-order valence-electron chi connectivity index (χ1n) is 9.13. The van der Waals surface area contributed by atoms with Gasteiger partial charge in [-0.2, -0.15) is 5.10 Å². The topological polar surface area (TPSA) is 102 Å². The number of benzene rings is 1. The lowest BCUT2D eigenvalue weighted by atomic mass is 10.1. The third kappa shape index (κ3) is 3.40. The number of carbonyl (C=O) groups is 2. The number of aromatic nitrogens is 3. The van der Waals surface area contributed by atoms with Crippen molar-refractivity contribution in [3.63, 3.8) is 0 Å². The molecular formula is C20H21N5O3. The average molecular weight is 379 g/mol. The van der Waals surface area contributed by atoms with E-state index >= 15 is 0 Å². The van der Waals surface area contributed by atoms with E-state index in [0.717, 1.165) is 11.3 Å². The molecular weight excluding hydrogens is 358 g/mol. The summed E-state index contributed by atoms with van der Waals surface area (Å²) < 4.78 is 6.83. The average Bonchev–Trinajstić information content (AvgIpc) is 3.34. The lowest BCUT2D eigenvalue weighted by Crippen LogP contribution is -2.36. The minimum Gasteiger partial charge on any atom is -0.361 e. The fraction of sp³-hybridized carbons (Fsp3) is 0.300. The van der Waals surface area contributed by atoms with Crippen molar-refractivity contribution in [1.29, 1.82) is 0 Å². The van der Waals surface area contributed by atoms with Crippen LogP contribution >= 0.6 is 0 Å². The Balaban J connectivity index is 1.40. The number of hydrogen-bond donors (Lipinski definition) is 2. The summed E-state index contributed by atoms with van der Waals surface area (Å²) in [6.45, 7) is 4.43. The molecule has 0 bridgehead atoms. The zero-order valence-corrected chi connectivity index (χ0v) is 15.7. The van der Waals surface area contributed by atoms with E-state index in [1.165, 1.54) is 0 Å². The molecule has 0 spiro atoms. The van der Waals surface area contributed by atoms with Crippen LogP contribution in [0.3, 0.4) is 0 Å². The lowest BCUT2D eigenvalue weighted by Gasteiger charge is -2.11. The second-order valence-corrected chi connectivity index (χ2v) is 6.93. The predicted octanol–water partition coefficient (Wildman–Crippen LogP) is 1.77. The molecule has 0 saturated heterocycles. The molecule has 0 aliphatic carbocycles. The maximum Gasteiger partial charge on any atom is 0.257 e. The molecule has 1 unspecified atom stereocenters. The van der Waals surface area contributed by atoms with Crippen molar-refractivity contribution in [2.75, 3.05) is 0 Å². The van der Waals surface area contributed by atoms with E-state index in [1.54, 1.807) is 24.7 Å². The summed E-state index contributed by atoms with van der Waals surface area (Å²) in [7, 11) is 0. The first-order chi connectivity index (χ1) is 13.5. The van der Waals surface area contributed by atoms with Gasteiger partial charge in [-0.25, -0.2) is 0 Å². The summed E-state index contributed by atoms with van der Waals surface area (Å²) in [4.78, 5) is 25.1. The highest BCUT2D eigenvalue weighted by molar-refractivity contribution is 5.97. The second-order valence-electron chi connectivity index (χ2n) is 6.93. The van der Waals surface area contributed by atoms with Gasteiger partial charge in [0.25, 0.3) is 11.8 Å². The van der Waals surface area contributed by atoms with Gasteiger partial charge in [0.2, 0.25) is 0 Å². The quantitative estimate of drug-likeness (QED) is 0.703. The molecule has 1 aromatic carbocycles. The summed E-state index contributed by atoms with van der Waals surface area (Å²) in [5.74, 6) is 0.108. The second kappa shape index (κ2) is 7.30. The smallest absolute Gasteiger partial charge is 0.257 e. The predicted molar refractivity (Wildman–Crippen MR) is 101 cm³/mol. The highest BCUT2D eigenvalue weighted by Gasteiger charge is 2.30.